The number of hydrogen-bond acceptors (Lipinski definition) is 7. The Morgan fingerprint density at radius 1 is 1.21 bits per heavy atom. The van der Waals surface area contributed by atoms with Crippen molar-refractivity contribution >= 4 is 39.7 Å². The number of carbonyl (C=O) groups is 2. The van der Waals surface area contributed by atoms with Crippen LogP contribution in [-0.2, 0) is 37.4 Å². The average molecular weight is 651 g/mol. The van der Waals surface area contributed by atoms with Gasteiger partial charge >= 0.3 is 5.97 Å². The number of benzene rings is 1. The van der Waals surface area contributed by atoms with Crippen molar-refractivity contribution in [3.63, 3.8) is 0 Å². The molecule has 8 atom stereocenters. The Bertz CT molecular complexity index is 1550. The lowest BCUT2D eigenvalue weighted by molar-refractivity contribution is -0.156. The number of ether oxygens (including phenoxy) is 2. The number of aliphatic hydroxyl groups excluding tert-OH is 1. The number of nitrogens with zero attached hydrogens (tertiary/aromatic N) is 3. The standard InChI is InChI=1S/C34H40BrN3O5/c1-19-37-34(29(41)18-42-20(2)39)30(43-19)12-26-25-10-9-24-11-27-23(13-32(24,3)31(25)28(40)14-33(26,34)4)16-36-38(27)17-22-7-5-21(15-35)6-8-22/h5-8,11,16,25-26,28,30-31,40H,9-10,12-15,17-18H2,1-4H3/t25-,26-,28-,30+,31+,32-,33-,34+/m0/s1. The van der Waals surface area contributed by atoms with E-state index in [9.17, 15) is 14.7 Å². The number of halogens is 1. The molecule has 0 saturated heterocycles. The van der Waals surface area contributed by atoms with Gasteiger partial charge in [-0.25, -0.2) is 4.99 Å². The zero-order chi connectivity index (χ0) is 30.3. The summed E-state index contributed by atoms with van der Waals surface area (Å²) < 4.78 is 13.5. The number of rotatable bonds is 6. The summed E-state index contributed by atoms with van der Waals surface area (Å²) in [4.78, 5) is 30.3. The number of carbonyl (C=O) groups excluding carboxylic acids is 2. The Morgan fingerprint density at radius 2 is 1.95 bits per heavy atom. The molecule has 0 spiro atoms. The van der Waals surface area contributed by atoms with Crippen molar-refractivity contribution in [2.75, 3.05) is 6.61 Å². The molecule has 1 N–H and O–H groups in total. The topological polar surface area (TPSA) is 103 Å². The molecule has 1 aromatic heterocycles. The van der Waals surface area contributed by atoms with E-state index in [1.54, 1.807) is 6.92 Å². The van der Waals surface area contributed by atoms with E-state index in [1.165, 1.54) is 34.9 Å². The van der Waals surface area contributed by atoms with Gasteiger partial charge in [-0.1, -0.05) is 59.6 Å². The molecule has 1 aromatic carbocycles. The normalized spacial score (nSPS) is 37.1. The monoisotopic (exact) mass is 649 g/mol. The number of alkyl halides is 1. The first-order chi connectivity index (χ1) is 20.5. The molecule has 3 fully saturated rings. The number of aliphatic imine (C=N–C) groups is 1. The molecule has 9 heteroatoms. The predicted octanol–water partition coefficient (Wildman–Crippen LogP) is 5.28. The number of esters is 1. The molecular formula is C34H40BrN3O5. The largest absolute Gasteiger partial charge is 0.475 e. The van der Waals surface area contributed by atoms with Crippen molar-refractivity contribution in [1.29, 1.82) is 0 Å². The highest BCUT2D eigenvalue weighted by Crippen LogP contribution is 2.69. The van der Waals surface area contributed by atoms with Gasteiger partial charge in [0.25, 0.3) is 0 Å². The van der Waals surface area contributed by atoms with E-state index >= 15 is 0 Å². The van der Waals surface area contributed by atoms with E-state index in [1.807, 2.05) is 6.20 Å². The van der Waals surface area contributed by atoms with Crippen LogP contribution in [0.5, 0.6) is 0 Å². The minimum atomic E-state index is -1.15. The minimum Gasteiger partial charge on any atom is -0.475 e. The zero-order valence-electron chi connectivity index (χ0n) is 25.3. The molecular weight excluding hydrogens is 610 g/mol. The Hall–Kier alpha value is -2.78. The van der Waals surface area contributed by atoms with Gasteiger partial charge in [0, 0.05) is 24.6 Å². The maximum atomic E-state index is 13.9. The van der Waals surface area contributed by atoms with E-state index in [2.05, 4.69) is 64.8 Å². The second kappa shape index (κ2) is 10.1. The van der Waals surface area contributed by atoms with Crippen LogP contribution in [0, 0.1) is 28.6 Å². The fourth-order valence-electron chi connectivity index (χ4n) is 9.91. The fourth-order valence-corrected chi connectivity index (χ4v) is 10.3. The fraction of sp³-hybridized carbons (Fsp3) is 0.588. The number of fused-ring (bicyclic) bond motifs is 8. The van der Waals surface area contributed by atoms with Gasteiger partial charge in [-0.2, -0.15) is 5.10 Å². The maximum absolute atomic E-state index is 13.9. The summed E-state index contributed by atoms with van der Waals surface area (Å²) in [6.45, 7) is 7.95. The minimum absolute atomic E-state index is 0.0587. The first kappa shape index (κ1) is 29.0. The zero-order valence-corrected chi connectivity index (χ0v) is 26.9. The van der Waals surface area contributed by atoms with Crippen LogP contribution in [-0.4, -0.2) is 56.9 Å². The highest BCUT2D eigenvalue weighted by atomic mass is 79.9. The third-order valence-electron chi connectivity index (χ3n) is 11.7. The molecule has 7 rings (SSSR count). The van der Waals surface area contributed by atoms with Gasteiger partial charge in [-0.15, -0.1) is 0 Å². The third-order valence-corrected chi connectivity index (χ3v) is 12.3. The van der Waals surface area contributed by atoms with Crippen LogP contribution in [0.2, 0.25) is 0 Å². The summed E-state index contributed by atoms with van der Waals surface area (Å²) in [6, 6.07) is 8.64. The molecule has 0 bridgehead atoms. The van der Waals surface area contributed by atoms with Crippen molar-refractivity contribution in [2.45, 2.75) is 89.4 Å². The molecule has 228 valence electrons. The molecule has 1 aliphatic heterocycles. The Balaban J connectivity index is 1.19. The van der Waals surface area contributed by atoms with Gasteiger partial charge in [-0.05, 0) is 78.0 Å². The van der Waals surface area contributed by atoms with Crippen molar-refractivity contribution in [3.8, 4) is 0 Å². The van der Waals surface area contributed by atoms with Gasteiger partial charge in [0.05, 0.1) is 24.5 Å². The third kappa shape index (κ3) is 4.16. The van der Waals surface area contributed by atoms with Crippen LogP contribution < -0.4 is 0 Å². The average Bonchev–Trinajstić information content (AvgIpc) is 3.58. The Labute approximate surface area is 261 Å². The van der Waals surface area contributed by atoms with Crippen LogP contribution in [0.3, 0.4) is 0 Å². The van der Waals surface area contributed by atoms with E-state index in [0.717, 1.165) is 31.1 Å². The molecule has 4 aliphatic carbocycles. The van der Waals surface area contributed by atoms with Crippen LogP contribution >= 0.6 is 15.9 Å². The quantitative estimate of drug-likeness (QED) is 0.338. The lowest BCUT2D eigenvalue weighted by atomic mass is 9.45. The predicted molar refractivity (Wildman–Crippen MR) is 166 cm³/mol. The van der Waals surface area contributed by atoms with Crippen LogP contribution in [0.25, 0.3) is 6.08 Å². The first-order valence-corrected chi connectivity index (χ1v) is 16.6. The summed E-state index contributed by atoms with van der Waals surface area (Å²) in [5.41, 5.74) is 4.32. The van der Waals surface area contributed by atoms with Crippen LogP contribution in [0.4, 0.5) is 0 Å². The van der Waals surface area contributed by atoms with Crippen LogP contribution in [0.15, 0.2) is 41.0 Å². The molecule has 0 amide bonds. The number of aliphatic hydroxyl groups is 1. The maximum Gasteiger partial charge on any atom is 0.303 e. The summed E-state index contributed by atoms with van der Waals surface area (Å²) in [5.74, 6) is 0.228. The highest BCUT2D eigenvalue weighted by molar-refractivity contribution is 9.08. The lowest BCUT2D eigenvalue weighted by Crippen LogP contribution is -2.62. The number of hydrogen-bond donors (Lipinski definition) is 1. The SMILES string of the molecule is CC(=O)OCC(=O)[C@@]12N=C(C)O[C@@H]1C[C@H]1[C@@H]3CCC4=Cc5c(cnn5Cc5ccc(CBr)cc5)C[C@]4(C)[C@H]3[C@@H](O)C[C@@]12C. The Kier molecular flexibility index (Phi) is 6.82. The van der Waals surface area contributed by atoms with Crippen molar-refractivity contribution in [1.82, 2.24) is 9.78 Å². The van der Waals surface area contributed by atoms with Gasteiger partial charge in [0.1, 0.15) is 6.10 Å². The second-order valence-corrected chi connectivity index (χ2v) is 14.5. The van der Waals surface area contributed by atoms with Crippen molar-refractivity contribution in [2.24, 2.45) is 33.6 Å². The molecule has 3 saturated carbocycles. The number of ketones is 1. The highest BCUT2D eigenvalue weighted by Gasteiger charge is 2.74. The first-order valence-electron chi connectivity index (χ1n) is 15.5. The Morgan fingerprint density at radius 3 is 2.67 bits per heavy atom. The lowest BCUT2D eigenvalue weighted by Gasteiger charge is -2.60. The van der Waals surface area contributed by atoms with E-state index in [4.69, 9.17) is 19.6 Å². The van der Waals surface area contributed by atoms with Gasteiger partial charge in [-0.3, -0.25) is 14.3 Å². The molecule has 2 aromatic rings. The molecule has 5 aliphatic rings. The summed E-state index contributed by atoms with van der Waals surface area (Å²) in [6.07, 6.45) is 7.26. The molecule has 0 unspecified atom stereocenters. The molecule has 0 radical (unpaired) electrons. The van der Waals surface area contributed by atoms with Gasteiger partial charge in [0.2, 0.25) is 5.78 Å². The van der Waals surface area contributed by atoms with Crippen molar-refractivity contribution < 1.29 is 24.2 Å². The summed E-state index contributed by atoms with van der Waals surface area (Å²) >= 11 is 3.52. The van der Waals surface area contributed by atoms with E-state index in [-0.39, 0.29) is 35.6 Å². The van der Waals surface area contributed by atoms with Crippen LogP contribution in [0.1, 0.15) is 75.8 Å². The second-order valence-electron chi connectivity index (χ2n) is 13.9. The van der Waals surface area contributed by atoms with E-state index in [0.29, 0.717) is 18.7 Å². The molecule has 8 nitrogen and oxygen atoms in total. The van der Waals surface area contributed by atoms with E-state index < -0.39 is 29.1 Å². The van der Waals surface area contributed by atoms with Gasteiger partial charge in [0.15, 0.2) is 18.0 Å². The molecule has 2 heterocycles. The smallest absolute Gasteiger partial charge is 0.303 e. The number of Topliss-reactive ketones (excluding diaryl/α,β-unsaturated/α-hetero) is 1. The molecule has 43 heavy (non-hydrogen) atoms. The van der Waals surface area contributed by atoms with Crippen molar-refractivity contribution in [3.05, 3.63) is 58.4 Å². The summed E-state index contributed by atoms with van der Waals surface area (Å²) in [7, 11) is 0. The van der Waals surface area contributed by atoms with Gasteiger partial charge < -0.3 is 14.6 Å². The summed E-state index contributed by atoms with van der Waals surface area (Å²) in [5, 5.41) is 17.7. The number of allylic oxidation sites excluding steroid dienone is 1. The number of aromatic nitrogens is 2.